The van der Waals surface area contributed by atoms with Crippen LogP contribution in [0, 0.1) is 6.92 Å². The maximum Gasteiger partial charge on any atom is 0.223 e. The Kier molecular flexibility index (Phi) is 4.18. The van der Waals surface area contributed by atoms with Crippen LogP contribution >= 0.6 is 0 Å². The highest BCUT2D eigenvalue weighted by Crippen LogP contribution is 2.35. The van der Waals surface area contributed by atoms with Gasteiger partial charge >= 0.3 is 0 Å². The molecule has 0 spiro atoms. The van der Waals surface area contributed by atoms with E-state index >= 15 is 0 Å². The van der Waals surface area contributed by atoms with Gasteiger partial charge in [-0.3, -0.25) is 0 Å². The average Bonchev–Trinajstić information content (AvgIpc) is 2.89. The molecule has 0 aromatic carbocycles. The molecule has 0 radical (unpaired) electrons. The Balaban J connectivity index is 1.56. The second kappa shape index (κ2) is 6.24. The maximum atomic E-state index is 4.67. The number of anilines is 1. The molecule has 1 saturated carbocycles. The lowest BCUT2D eigenvalue weighted by molar-refractivity contribution is 0.410. The van der Waals surface area contributed by atoms with E-state index in [2.05, 4.69) is 37.8 Å². The highest BCUT2D eigenvalue weighted by molar-refractivity contribution is 5.29. The Labute approximate surface area is 125 Å². The number of imidazole rings is 1. The molecule has 1 fully saturated rings. The molecule has 1 N–H and O–H groups in total. The van der Waals surface area contributed by atoms with Crippen LogP contribution in [0.15, 0.2) is 24.8 Å². The Bertz CT molecular complexity index is 574. The van der Waals surface area contributed by atoms with Crippen molar-refractivity contribution in [3.63, 3.8) is 0 Å². The summed E-state index contributed by atoms with van der Waals surface area (Å²) in [6.07, 6.45) is 10.6. The molecule has 1 aliphatic rings. The summed E-state index contributed by atoms with van der Waals surface area (Å²) in [5.74, 6) is 1.42. The van der Waals surface area contributed by atoms with Crippen LogP contribution in [0.25, 0.3) is 0 Å². The molecule has 3 rings (SSSR count). The monoisotopic (exact) mass is 285 g/mol. The Morgan fingerprint density at radius 3 is 2.90 bits per heavy atom. The number of aromatic nitrogens is 4. The number of hydrogen-bond donors (Lipinski definition) is 1. The molecule has 2 heterocycles. The third kappa shape index (κ3) is 3.40. The van der Waals surface area contributed by atoms with E-state index in [1.807, 2.05) is 25.6 Å². The SMILES string of the molecule is Cc1cc(C2CCC2)nc(NCCC(C)n2ccnc2)n1. The fraction of sp³-hybridized carbons (Fsp3) is 0.562. The lowest BCUT2D eigenvalue weighted by Gasteiger charge is -2.25. The van der Waals surface area contributed by atoms with Crippen LogP contribution < -0.4 is 5.32 Å². The second-order valence-electron chi connectivity index (χ2n) is 5.96. The van der Waals surface area contributed by atoms with Crippen molar-refractivity contribution < 1.29 is 0 Å². The van der Waals surface area contributed by atoms with E-state index in [4.69, 9.17) is 0 Å². The molecule has 0 amide bonds. The van der Waals surface area contributed by atoms with Crippen molar-refractivity contribution in [1.82, 2.24) is 19.5 Å². The molecule has 2 aromatic heterocycles. The van der Waals surface area contributed by atoms with Gasteiger partial charge in [-0.15, -0.1) is 0 Å². The quantitative estimate of drug-likeness (QED) is 0.884. The summed E-state index contributed by atoms with van der Waals surface area (Å²) in [7, 11) is 0. The zero-order valence-corrected chi connectivity index (χ0v) is 12.8. The second-order valence-corrected chi connectivity index (χ2v) is 5.96. The lowest BCUT2D eigenvalue weighted by atomic mass is 9.83. The highest BCUT2D eigenvalue weighted by Gasteiger charge is 2.21. The number of rotatable bonds is 6. The van der Waals surface area contributed by atoms with Crippen molar-refractivity contribution in [2.24, 2.45) is 0 Å². The van der Waals surface area contributed by atoms with Gasteiger partial charge in [0.2, 0.25) is 5.95 Å². The summed E-state index contributed by atoms with van der Waals surface area (Å²) >= 11 is 0. The first-order valence-corrected chi connectivity index (χ1v) is 7.79. The molecule has 5 nitrogen and oxygen atoms in total. The number of nitrogens with zero attached hydrogens (tertiary/aromatic N) is 4. The minimum atomic E-state index is 0.427. The van der Waals surface area contributed by atoms with Gasteiger partial charge in [-0.25, -0.2) is 15.0 Å². The van der Waals surface area contributed by atoms with Crippen molar-refractivity contribution in [1.29, 1.82) is 0 Å². The molecule has 0 bridgehead atoms. The van der Waals surface area contributed by atoms with Crippen LogP contribution in [0.2, 0.25) is 0 Å². The van der Waals surface area contributed by atoms with Crippen LogP contribution in [0.5, 0.6) is 0 Å². The Hall–Kier alpha value is -1.91. The van der Waals surface area contributed by atoms with E-state index in [1.165, 1.54) is 25.0 Å². The molecule has 0 aliphatic heterocycles. The smallest absolute Gasteiger partial charge is 0.223 e. The number of nitrogens with one attached hydrogen (secondary N) is 1. The van der Waals surface area contributed by atoms with E-state index in [9.17, 15) is 0 Å². The van der Waals surface area contributed by atoms with E-state index in [0.717, 1.165) is 24.6 Å². The third-order valence-corrected chi connectivity index (χ3v) is 4.28. The minimum Gasteiger partial charge on any atom is -0.354 e. The van der Waals surface area contributed by atoms with Crippen LogP contribution in [0.4, 0.5) is 5.95 Å². The molecule has 1 unspecified atom stereocenters. The summed E-state index contributed by atoms with van der Waals surface area (Å²) < 4.78 is 2.12. The standard InChI is InChI=1S/C16H23N5/c1-12-10-15(14-4-3-5-14)20-16(19-12)18-7-6-13(2)21-9-8-17-11-21/h8-11,13-14H,3-7H2,1-2H3,(H,18,19,20). The summed E-state index contributed by atoms with van der Waals surface area (Å²) in [5.41, 5.74) is 2.26. The van der Waals surface area contributed by atoms with Gasteiger partial charge in [-0.05, 0) is 39.2 Å². The van der Waals surface area contributed by atoms with Gasteiger partial charge in [0.05, 0.1) is 6.33 Å². The molecule has 112 valence electrons. The predicted molar refractivity (Wildman–Crippen MR) is 83.4 cm³/mol. The Morgan fingerprint density at radius 1 is 1.38 bits per heavy atom. The maximum absolute atomic E-state index is 4.67. The highest BCUT2D eigenvalue weighted by atomic mass is 15.1. The first-order chi connectivity index (χ1) is 10.2. The average molecular weight is 285 g/mol. The van der Waals surface area contributed by atoms with Gasteiger partial charge < -0.3 is 9.88 Å². The van der Waals surface area contributed by atoms with Gasteiger partial charge in [0.15, 0.2) is 0 Å². The summed E-state index contributed by atoms with van der Waals surface area (Å²) in [6.45, 7) is 5.11. The molecule has 2 aromatic rings. The topological polar surface area (TPSA) is 55.6 Å². The van der Waals surface area contributed by atoms with Crippen molar-refractivity contribution in [2.45, 2.75) is 51.5 Å². The van der Waals surface area contributed by atoms with Gasteiger partial charge in [-0.1, -0.05) is 6.42 Å². The largest absolute Gasteiger partial charge is 0.354 e. The third-order valence-electron chi connectivity index (χ3n) is 4.28. The summed E-state index contributed by atoms with van der Waals surface area (Å²) in [6, 6.07) is 2.55. The molecule has 21 heavy (non-hydrogen) atoms. The first kappa shape index (κ1) is 14.0. The normalized spacial score (nSPS) is 16.5. The molecule has 0 saturated heterocycles. The number of hydrogen-bond acceptors (Lipinski definition) is 4. The van der Waals surface area contributed by atoms with Gasteiger partial charge in [0.1, 0.15) is 0 Å². The summed E-state index contributed by atoms with van der Waals surface area (Å²) in [4.78, 5) is 13.3. The van der Waals surface area contributed by atoms with Crippen LogP contribution in [0.3, 0.4) is 0 Å². The van der Waals surface area contributed by atoms with Crippen LogP contribution in [0.1, 0.15) is 56.0 Å². The molecule has 1 atom stereocenters. The van der Waals surface area contributed by atoms with Crippen molar-refractivity contribution in [2.75, 3.05) is 11.9 Å². The molecule has 1 aliphatic carbocycles. The minimum absolute atomic E-state index is 0.427. The fourth-order valence-electron chi connectivity index (χ4n) is 2.66. The van der Waals surface area contributed by atoms with E-state index in [0.29, 0.717) is 12.0 Å². The number of aryl methyl sites for hydroxylation is 1. The fourth-order valence-corrected chi connectivity index (χ4v) is 2.66. The van der Waals surface area contributed by atoms with Gasteiger partial charge in [-0.2, -0.15) is 0 Å². The van der Waals surface area contributed by atoms with Crippen LogP contribution in [-0.4, -0.2) is 26.1 Å². The van der Waals surface area contributed by atoms with E-state index < -0.39 is 0 Å². The first-order valence-electron chi connectivity index (χ1n) is 7.79. The van der Waals surface area contributed by atoms with Gasteiger partial charge in [0.25, 0.3) is 0 Å². The van der Waals surface area contributed by atoms with Crippen molar-refractivity contribution in [3.05, 3.63) is 36.2 Å². The Morgan fingerprint density at radius 2 is 2.24 bits per heavy atom. The molecular weight excluding hydrogens is 262 g/mol. The van der Waals surface area contributed by atoms with Crippen LogP contribution in [-0.2, 0) is 0 Å². The molecular formula is C16H23N5. The van der Waals surface area contributed by atoms with Crippen molar-refractivity contribution >= 4 is 5.95 Å². The zero-order chi connectivity index (χ0) is 14.7. The van der Waals surface area contributed by atoms with Gasteiger partial charge in [0, 0.05) is 42.3 Å². The molecule has 5 heteroatoms. The van der Waals surface area contributed by atoms with E-state index in [1.54, 1.807) is 0 Å². The predicted octanol–water partition coefficient (Wildman–Crippen LogP) is 3.31. The van der Waals surface area contributed by atoms with E-state index in [-0.39, 0.29) is 0 Å². The van der Waals surface area contributed by atoms with Crippen molar-refractivity contribution in [3.8, 4) is 0 Å². The lowest BCUT2D eigenvalue weighted by Crippen LogP contribution is -2.15. The summed E-state index contributed by atoms with van der Waals surface area (Å²) in [5, 5.41) is 3.37. The zero-order valence-electron chi connectivity index (χ0n) is 12.8.